The minimum absolute atomic E-state index is 0.684. The Hall–Kier alpha value is -0.730. The molecule has 1 aromatic rings. The largest absolute Gasteiger partial charge is 0.492 e. The summed E-state index contributed by atoms with van der Waals surface area (Å²) in [6, 6.07) is 4.71. The van der Waals surface area contributed by atoms with Gasteiger partial charge in [0.1, 0.15) is 12.4 Å². The van der Waals surface area contributed by atoms with Gasteiger partial charge in [-0.15, -0.1) is 0 Å². The van der Waals surface area contributed by atoms with Gasteiger partial charge in [0.2, 0.25) is 0 Å². The Balaban J connectivity index is 1.71. The number of hydrogen-bond acceptors (Lipinski definition) is 2. The maximum absolute atomic E-state index is 6.16. The van der Waals surface area contributed by atoms with Crippen molar-refractivity contribution >= 4 is 11.6 Å². The van der Waals surface area contributed by atoms with Gasteiger partial charge >= 0.3 is 0 Å². The van der Waals surface area contributed by atoms with Crippen LogP contribution < -0.4 is 10.1 Å². The van der Waals surface area contributed by atoms with Gasteiger partial charge in [-0.1, -0.05) is 18.5 Å². The molecule has 0 amide bonds. The van der Waals surface area contributed by atoms with Crippen molar-refractivity contribution in [3.05, 3.63) is 28.3 Å². The van der Waals surface area contributed by atoms with Gasteiger partial charge in [-0.25, -0.2) is 0 Å². The van der Waals surface area contributed by atoms with E-state index in [1.807, 2.05) is 26.0 Å². The molecule has 0 aliphatic heterocycles. The second kappa shape index (κ2) is 7.33. The Bertz CT molecular complexity index is 416. The van der Waals surface area contributed by atoms with E-state index in [1.54, 1.807) is 0 Å². The van der Waals surface area contributed by atoms with Crippen molar-refractivity contribution in [2.75, 3.05) is 13.2 Å². The van der Waals surface area contributed by atoms with Crippen molar-refractivity contribution in [1.82, 2.24) is 5.32 Å². The third-order valence-corrected chi connectivity index (χ3v) is 4.83. The molecule has 1 aliphatic rings. The predicted octanol–water partition coefficient (Wildman–Crippen LogP) is 4.50. The number of benzene rings is 1. The molecule has 0 saturated heterocycles. The van der Waals surface area contributed by atoms with Crippen molar-refractivity contribution in [3.8, 4) is 5.75 Å². The molecule has 20 heavy (non-hydrogen) atoms. The molecule has 0 unspecified atom stereocenters. The summed E-state index contributed by atoms with van der Waals surface area (Å²) in [6.07, 6.45) is 5.32. The normalized spacial score (nSPS) is 22.8. The van der Waals surface area contributed by atoms with Crippen LogP contribution >= 0.6 is 11.6 Å². The quantitative estimate of drug-likeness (QED) is 0.807. The van der Waals surface area contributed by atoms with E-state index >= 15 is 0 Å². The van der Waals surface area contributed by atoms with Crippen LogP contribution in [-0.4, -0.2) is 19.2 Å². The first-order chi connectivity index (χ1) is 9.56. The monoisotopic (exact) mass is 295 g/mol. The number of hydrogen-bond donors (Lipinski definition) is 1. The molecule has 0 heterocycles. The molecule has 1 N–H and O–H groups in total. The Labute approximate surface area is 127 Å². The second-order valence-corrected chi connectivity index (χ2v) is 6.51. The summed E-state index contributed by atoms with van der Waals surface area (Å²) in [7, 11) is 0. The summed E-state index contributed by atoms with van der Waals surface area (Å²) in [5, 5.41) is 4.44. The zero-order valence-corrected chi connectivity index (χ0v) is 13.6. The van der Waals surface area contributed by atoms with E-state index in [1.165, 1.54) is 25.7 Å². The summed E-state index contributed by atoms with van der Waals surface area (Å²) < 4.78 is 5.81. The number of ether oxygens (including phenoxy) is 1. The van der Waals surface area contributed by atoms with Gasteiger partial charge in [-0.2, -0.15) is 0 Å². The molecule has 0 aromatic heterocycles. The van der Waals surface area contributed by atoms with Gasteiger partial charge < -0.3 is 10.1 Å². The molecule has 0 spiro atoms. The second-order valence-electron chi connectivity index (χ2n) is 6.13. The van der Waals surface area contributed by atoms with E-state index in [4.69, 9.17) is 16.3 Å². The molecule has 112 valence electrons. The van der Waals surface area contributed by atoms with E-state index in [2.05, 4.69) is 12.2 Å². The zero-order chi connectivity index (χ0) is 14.5. The molecule has 0 radical (unpaired) electrons. The molecule has 2 nitrogen and oxygen atoms in total. The molecule has 1 fully saturated rings. The number of aryl methyl sites for hydroxylation is 2. The highest BCUT2D eigenvalue weighted by Crippen LogP contribution is 2.26. The SMILES string of the molecule is Cc1cc(OCCNC2CCC(C)CC2)cc(C)c1Cl. The smallest absolute Gasteiger partial charge is 0.119 e. The Morgan fingerprint density at radius 2 is 1.75 bits per heavy atom. The molecule has 0 bridgehead atoms. The molecule has 3 heteroatoms. The Kier molecular flexibility index (Phi) is 5.74. The highest BCUT2D eigenvalue weighted by Gasteiger charge is 2.17. The van der Waals surface area contributed by atoms with Gasteiger partial charge in [0.25, 0.3) is 0 Å². The first-order valence-corrected chi connectivity index (χ1v) is 8.07. The van der Waals surface area contributed by atoms with Crippen LogP contribution in [0.1, 0.15) is 43.7 Å². The fraction of sp³-hybridized carbons (Fsp3) is 0.647. The molecule has 1 aromatic carbocycles. The molecule has 1 aliphatic carbocycles. The highest BCUT2D eigenvalue weighted by molar-refractivity contribution is 6.32. The third kappa shape index (κ3) is 4.39. The van der Waals surface area contributed by atoms with E-state index in [9.17, 15) is 0 Å². The van der Waals surface area contributed by atoms with Crippen molar-refractivity contribution in [2.24, 2.45) is 5.92 Å². The van der Waals surface area contributed by atoms with Crippen LogP contribution in [0.25, 0.3) is 0 Å². The highest BCUT2D eigenvalue weighted by atomic mass is 35.5. The summed E-state index contributed by atoms with van der Waals surface area (Å²) in [6.45, 7) is 8.02. The van der Waals surface area contributed by atoms with E-state index < -0.39 is 0 Å². The predicted molar refractivity (Wildman–Crippen MR) is 85.8 cm³/mol. The van der Waals surface area contributed by atoms with Gasteiger partial charge in [0.15, 0.2) is 0 Å². The average molecular weight is 296 g/mol. The van der Waals surface area contributed by atoms with Crippen LogP contribution in [0.2, 0.25) is 5.02 Å². The first-order valence-electron chi connectivity index (χ1n) is 7.69. The Morgan fingerprint density at radius 3 is 2.35 bits per heavy atom. The Morgan fingerprint density at radius 1 is 1.15 bits per heavy atom. The van der Waals surface area contributed by atoms with Crippen LogP contribution in [0.4, 0.5) is 0 Å². The molecule has 1 saturated carbocycles. The molecule has 2 rings (SSSR count). The average Bonchev–Trinajstić information content (AvgIpc) is 2.43. The fourth-order valence-corrected chi connectivity index (χ4v) is 2.99. The lowest BCUT2D eigenvalue weighted by Crippen LogP contribution is -2.35. The van der Waals surface area contributed by atoms with Crippen LogP contribution in [0.5, 0.6) is 5.75 Å². The lowest BCUT2D eigenvalue weighted by atomic mass is 9.87. The summed E-state index contributed by atoms with van der Waals surface area (Å²) in [5.74, 6) is 1.83. The standard InChI is InChI=1S/C17H26ClNO/c1-12-4-6-15(7-5-12)19-8-9-20-16-10-13(2)17(18)14(3)11-16/h10-12,15,19H,4-9H2,1-3H3. The molecular weight excluding hydrogens is 270 g/mol. The lowest BCUT2D eigenvalue weighted by molar-refractivity contribution is 0.270. The van der Waals surface area contributed by atoms with Crippen molar-refractivity contribution in [1.29, 1.82) is 0 Å². The summed E-state index contributed by atoms with van der Waals surface area (Å²) >= 11 is 6.16. The van der Waals surface area contributed by atoms with Crippen LogP contribution in [0.3, 0.4) is 0 Å². The molecule has 0 atom stereocenters. The van der Waals surface area contributed by atoms with Gasteiger partial charge in [-0.3, -0.25) is 0 Å². The van der Waals surface area contributed by atoms with E-state index in [0.29, 0.717) is 12.6 Å². The van der Waals surface area contributed by atoms with E-state index in [-0.39, 0.29) is 0 Å². The van der Waals surface area contributed by atoms with Crippen molar-refractivity contribution < 1.29 is 4.74 Å². The number of rotatable bonds is 5. The molecular formula is C17H26ClNO. The van der Waals surface area contributed by atoms with Gasteiger partial charge in [0, 0.05) is 17.6 Å². The minimum Gasteiger partial charge on any atom is -0.492 e. The minimum atomic E-state index is 0.684. The fourth-order valence-electron chi connectivity index (χ4n) is 2.89. The maximum atomic E-state index is 6.16. The van der Waals surface area contributed by atoms with Crippen molar-refractivity contribution in [3.63, 3.8) is 0 Å². The first kappa shape index (κ1) is 15.7. The summed E-state index contributed by atoms with van der Waals surface area (Å²) in [4.78, 5) is 0. The van der Waals surface area contributed by atoms with E-state index in [0.717, 1.165) is 34.4 Å². The topological polar surface area (TPSA) is 21.3 Å². The van der Waals surface area contributed by atoms with Crippen LogP contribution in [0.15, 0.2) is 12.1 Å². The third-order valence-electron chi connectivity index (χ3n) is 4.23. The van der Waals surface area contributed by atoms with Crippen LogP contribution in [0, 0.1) is 19.8 Å². The zero-order valence-electron chi connectivity index (χ0n) is 12.8. The number of halogens is 1. The lowest BCUT2D eigenvalue weighted by Gasteiger charge is -2.27. The maximum Gasteiger partial charge on any atom is 0.119 e. The number of nitrogens with one attached hydrogen (secondary N) is 1. The summed E-state index contributed by atoms with van der Waals surface area (Å²) in [5.41, 5.74) is 2.16. The van der Waals surface area contributed by atoms with Crippen LogP contribution in [-0.2, 0) is 0 Å². The van der Waals surface area contributed by atoms with Gasteiger partial charge in [-0.05, 0) is 68.7 Å². The van der Waals surface area contributed by atoms with Crippen molar-refractivity contribution in [2.45, 2.75) is 52.5 Å². The van der Waals surface area contributed by atoms with Gasteiger partial charge in [0.05, 0.1) is 0 Å².